The first kappa shape index (κ1) is 3.48. The van der Waals surface area contributed by atoms with Gasteiger partial charge in [0.2, 0.25) is 6.54 Å². The molecule has 0 aromatic carbocycles. The molecule has 0 aromatic heterocycles. The molecule has 0 saturated carbocycles. The van der Waals surface area contributed by atoms with Crippen LogP contribution in [0.4, 0.5) is 0 Å². The van der Waals surface area contributed by atoms with Gasteiger partial charge >= 0.3 is 6.19 Å². The minimum Gasteiger partial charge on any atom is -0.207 e. The quantitative estimate of drug-likeness (QED) is 0.380. The molecule has 0 fully saturated rings. The number of nitrogens with zero attached hydrogens (tertiary/aromatic N) is 2. The molecule has 0 saturated heterocycles. The van der Waals surface area contributed by atoms with E-state index in [9.17, 15) is 0 Å². The van der Waals surface area contributed by atoms with Crippen molar-refractivity contribution in [1.82, 2.24) is 4.90 Å². The Labute approximate surface area is 37.2 Å². The first-order chi connectivity index (χ1) is 2.89. The third-order valence-corrected chi connectivity index (χ3v) is 0.789. The van der Waals surface area contributed by atoms with Crippen LogP contribution >= 0.6 is 0 Å². The van der Waals surface area contributed by atoms with E-state index in [-0.39, 0.29) is 0 Å². The number of rotatable bonds is 0. The molecule has 0 atom stereocenters. The molecule has 0 aliphatic carbocycles. The lowest BCUT2D eigenvalue weighted by atomic mass is 10.6. The van der Waals surface area contributed by atoms with Gasteiger partial charge < -0.3 is 0 Å². The van der Waals surface area contributed by atoms with Gasteiger partial charge in [-0.1, -0.05) is 0 Å². The van der Waals surface area contributed by atoms with E-state index >= 15 is 0 Å². The molecule has 1 heterocycles. The Bertz CT molecular complexity index is 97.9. The molecular formula is C4H7N2+. The second-order valence-electron chi connectivity index (χ2n) is 1.40. The van der Waals surface area contributed by atoms with Gasteiger partial charge in [-0.15, -0.1) is 0 Å². The van der Waals surface area contributed by atoms with Crippen molar-refractivity contribution in [3.63, 3.8) is 0 Å². The minimum absolute atomic E-state index is 0.927. The second-order valence-corrected chi connectivity index (χ2v) is 1.40. The highest BCUT2D eigenvalue weighted by molar-refractivity contribution is 4.92. The standard InChI is InChI=1S/C4H7N2/c1-6-3-2-5-4-6/h2-3H2,1H3/q+1. The number of hydrogen-bond donors (Lipinski definition) is 0. The van der Waals surface area contributed by atoms with E-state index in [1.54, 1.807) is 0 Å². The maximum absolute atomic E-state index is 3.84. The zero-order valence-corrected chi connectivity index (χ0v) is 3.81. The average Bonchev–Trinajstić information content (AvgIpc) is 1.86. The van der Waals surface area contributed by atoms with Crippen LogP contribution in [-0.4, -0.2) is 25.0 Å². The van der Waals surface area contributed by atoms with Crippen molar-refractivity contribution in [2.45, 2.75) is 0 Å². The van der Waals surface area contributed by atoms with Gasteiger partial charge in [-0.2, -0.15) is 4.85 Å². The van der Waals surface area contributed by atoms with E-state index < -0.39 is 0 Å². The predicted molar refractivity (Wildman–Crippen MR) is 24.7 cm³/mol. The summed E-state index contributed by atoms with van der Waals surface area (Å²) in [4.78, 5) is 5.78. The lowest BCUT2D eigenvalue weighted by molar-refractivity contribution is 0.527. The van der Waals surface area contributed by atoms with E-state index in [0.29, 0.717) is 0 Å². The van der Waals surface area contributed by atoms with Gasteiger partial charge in [-0.05, 0) is 0 Å². The molecule has 1 aliphatic heterocycles. The molecule has 1 aliphatic rings. The van der Waals surface area contributed by atoms with Crippen LogP contribution in [0.1, 0.15) is 0 Å². The summed E-state index contributed by atoms with van der Waals surface area (Å²) in [5.41, 5.74) is 0. The zero-order chi connectivity index (χ0) is 4.41. The largest absolute Gasteiger partial charge is 0.371 e. The predicted octanol–water partition coefficient (Wildman–Crippen LogP) is 0.222. The summed E-state index contributed by atoms with van der Waals surface area (Å²) >= 11 is 0. The summed E-state index contributed by atoms with van der Waals surface area (Å²) in [5, 5.41) is 0. The molecule has 0 spiro atoms. The topological polar surface area (TPSA) is 7.60 Å². The minimum atomic E-state index is 0.927. The van der Waals surface area contributed by atoms with Gasteiger partial charge in [0, 0.05) is 0 Å². The van der Waals surface area contributed by atoms with Crippen molar-refractivity contribution < 1.29 is 0 Å². The Morgan fingerprint density at radius 1 is 1.83 bits per heavy atom. The van der Waals surface area contributed by atoms with E-state index in [2.05, 4.69) is 11.0 Å². The first-order valence-corrected chi connectivity index (χ1v) is 2.03. The maximum Gasteiger partial charge on any atom is 0.371 e. The van der Waals surface area contributed by atoms with Crippen LogP contribution in [0, 0.1) is 6.19 Å². The third kappa shape index (κ3) is 0.436. The average molecular weight is 83.1 g/mol. The molecule has 0 unspecified atom stereocenters. The van der Waals surface area contributed by atoms with Crippen LogP contribution in [0.2, 0.25) is 0 Å². The molecular weight excluding hydrogens is 76.1 g/mol. The van der Waals surface area contributed by atoms with Gasteiger partial charge in [0.15, 0.2) is 0 Å². The van der Waals surface area contributed by atoms with Crippen LogP contribution < -0.4 is 0 Å². The Balaban J connectivity index is 2.45. The molecule has 0 bridgehead atoms. The normalized spacial score (nSPS) is 17.2. The summed E-state index contributed by atoms with van der Waals surface area (Å²) in [6.45, 7) is 1.97. The highest BCUT2D eigenvalue weighted by atomic mass is 15.1. The maximum atomic E-state index is 3.84. The summed E-state index contributed by atoms with van der Waals surface area (Å²) in [5.74, 6) is 0. The lowest BCUT2D eigenvalue weighted by Crippen LogP contribution is -2.08. The van der Waals surface area contributed by atoms with Crippen LogP contribution in [0.25, 0.3) is 4.85 Å². The first-order valence-electron chi connectivity index (χ1n) is 2.03. The third-order valence-electron chi connectivity index (χ3n) is 0.789. The fourth-order valence-electron chi connectivity index (χ4n) is 0.421. The van der Waals surface area contributed by atoms with E-state index in [1.165, 1.54) is 0 Å². The molecule has 6 heavy (non-hydrogen) atoms. The Hall–Kier alpha value is -0.710. The molecule has 0 aromatic rings. The van der Waals surface area contributed by atoms with Crippen molar-refractivity contribution in [2.24, 2.45) is 0 Å². The Morgan fingerprint density at radius 3 is 2.83 bits per heavy atom. The van der Waals surface area contributed by atoms with Crippen LogP contribution in [0.3, 0.4) is 0 Å². The zero-order valence-electron chi connectivity index (χ0n) is 3.81. The molecule has 0 amide bonds. The van der Waals surface area contributed by atoms with Crippen molar-refractivity contribution >= 4 is 0 Å². The Morgan fingerprint density at radius 2 is 2.67 bits per heavy atom. The number of hydrogen-bond acceptors (Lipinski definition) is 1. The van der Waals surface area contributed by atoms with Crippen molar-refractivity contribution in [2.75, 3.05) is 20.1 Å². The van der Waals surface area contributed by atoms with E-state index in [0.717, 1.165) is 13.1 Å². The van der Waals surface area contributed by atoms with Crippen molar-refractivity contribution in [3.05, 3.63) is 4.85 Å². The Kier molecular flexibility index (Phi) is 0.681. The molecule has 0 radical (unpaired) electrons. The van der Waals surface area contributed by atoms with Crippen molar-refractivity contribution in [1.29, 1.82) is 0 Å². The highest BCUT2D eigenvalue weighted by Crippen LogP contribution is 1.86. The van der Waals surface area contributed by atoms with Gasteiger partial charge in [0.25, 0.3) is 0 Å². The monoisotopic (exact) mass is 83.1 g/mol. The van der Waals surface area contributed by atoms with Gasteiger partial charge in [0.1, 0.15) is 6.54 Å². The fraction of sp³-hybridized carbons (Fsp3) is 0.750. The summed E-state index contributed by atoms with van der Waals surface area (Å²) in [6, 6.07) is 0. The summed E-state index contributed by atoms with van der Waals surface area (Å²) < 4.78 is 0. The summed E-state index contributed by atoms with van der Waals surface area (Å²) in [7, 11) is 1.97. The molecule has 32 valence electrons. The number of likely N-dealkylation sites (N-methyl/N-ethyl adjacent to an activating group) is 1. The van der Waals surface area contributed by atoms with Gasteiger partial charge in [-0.3, -0.25) is 0 Å². The van der Waals surface area contributed by atoms with Gasteiger partial charge in [-0.25, -0.2) is 4.90 Å². The fourth-order valence-corrected chi connectivity index (χ4v) is 0.421. The SMILES string of the molecule is CN1C#[N+]CC1. The molecule has 2 heteroatoms. The van der Waals surface area contributed by atoms with E-state index in [4.69, 9.17) is 0 Å². The molecule has 0 N–H and O–H groups in total. The van der Waals surface area contributed by atoms with Crippen molar-refractivity contribution in [3.8, 4) is 6.19 Å². The highest BCUT2D eigenvalue weighted by Gasteiger charge is 2.06. The molecule has 2 nitrogen and oxygen atoms in total. The smallest absolute Gasteiger partial charge is 0.207 e. The van der Waals surface area contributed by atoms with E-state index in [1.807, 2.05) is 11.9 Å². The van der Waals surface area contributed by atoms with Crippen LogP contribution in [-0.2, 0) is 0 Å². The van der Waals surface area contributed by atoms with Gasteiger partial charge in [0.05, 0.1) is 7.05 Å². The summed E-state index contributed by atoms with van der Waals surface area (Å²) in [6.07, 6.45) is 2.78. The lowest BCUT2D eigenvalue weighted by Gasteiger charge is -1.84. The van der Waals surface area contributed by atoms with Crippen LogP contribution in [0.5, 0.6) is 0 Å². The molecule has 1 rings (SSSR count). The van der Waals surface area contributed by atoms with Crippen LogP contribution in [0.15, 0.2) is 0 Å². The second kappa shape index (κ2) is 1.17.